The van der Waals surface area contributed by atoms with Gasteiger partial charge in [0.2, 0.25) is 0 Å². The Bertz CT molecular complexity index is 546. The van der Waals surface area contributed by atoms with Crippen molar-refractivity contribution in [3.05, 3.63) is 36.4 Å². The maximum absolute atomic E-state index is 5.57. The van der Waals surface area contributed by atoms with Crippen LogP contribution in [-0.4, -0.2) is 55.7 Å². The molecule has 0 radical (unpaired) electrons. The van der Waals surface area contributed by atoms with Crippen LogP contribution in [0.1, 0.15) is 24.8 Å². The second kappa shape index (κ2) is 7.37. The van der Waals surface area contributed by atoms with Gasteiger partial charge in [-0.15, -0.1) is 6.58 Å². The average Bonchev–Trinajstić information content (AvgIpc) is 2.89. The molecule has 3 heterocycles. The monoisotopic (exact) mass is 316 g/mol. The molecule has 23 heavy (non-hydrogen) atoms. The summed E-state index contributed by atoms with van der Waals surface area (Å²) in [5.41, 5.74) is 1.25. The first kappa shape index (κ1) is 16.3. The third-order valence-corrected chi connectivity index (χ3v) is 5.23. The van der Waals surface area contributed by atoms with Crippen LogP contribution < -0.4 is 9.47 Å². The van der Waals surface area contributed by atoms with Crippen LogP contribution in [0.2, 0.25) is 0 Å². The molecule has 0 aromatic heterocycles. The normalized spacial score (nSPS) is 25.1. The van der Waals surface area contributed by atoms with Crippen LogP contribution in [0.25, 0.3) is 0 Å². The lowest BCUT2D eigenvalue weighted by atomic mass is 10.1. The molecule has 0 spiro atoms. The average molecular weight is 316 g/mol. The predicted molar refractivity (Wildman–Crippen MR) is 93.2 cm³/mol. The van der Waals surface area contributed by atoms with Gasteiger partial charge in [-0.3, -0.25) is 9.80 Å². The smallest absolute Gasteiger partial charge is 0.127 e. The lowest BCUT2D eigenvalue weighted by Gasteiger charge is -2.43. The summed E-state index contributed by atoms with van der Waals surface area (Å²) < 4.78 is 10.9. The zero-order chi connectivity index (χ0) is 16.2. The maximum atomic E-state index is 5.57. The van der Waals surface area contributed by atoms with Gasteiger partial charge >= 0.3 is 0 Å². The number of nitrogens with zero attached hydrogens (tertiary/aromatic N) is 2. The SMILES string of the molecule is C=CCN1C[C@H]2CCC[C@@H]1CN2Cc1ccc(OC)cc1OC. The van der Waals surface area contributed by atoms with Gasteiger partial charge in [-0.2, -0.15) is 0 Å². The molecule has 2 bridgehead atoms. The topological polar surface area (TPSA) is 24.9 Å². The minimum atomic E-state index is 0.639. The van der Waals surface area contributed by atoms with Crippen LogP contribution in [0.4, 0.5) is 0 Å². The van der Waals surface area contributed by atoms with E-state index in [1.807, 2.05) is 18.2 Å². The first-order chi connectivity index (χ1) is 11.2. The van der Waals surface area contributed by atoms with Crippen LogP contribution in [0.3, 0.4) is 0 Å². The number of ether oxygens (including phenoxy) is 2. The summed E-state index contributed by atoms with van der Waals surface area (Å²) in [6.45, 7) is 8.19. The number of piperazine rings is 1. The summed E-state index contributed by atoms with van der Waals surface area (Å²) >= 11 is 0. The Morgan fingerprint density at radius 1 is 1.13 bits per heavy atom. The third kappa shape index (κ3) is 3.54. The first-order valence-corrected chi connectivity index (χ1v) is 8.55. The van der Waals surface area contributed by atoms with E-state index in [9.17, 15) is 0 Å². The van der Waals surface area contributed by atoms with E-state index in [0.717, 1.165) is 37.7 Å². The Labute approximate surface area is 139 Å². The van der Waals surface area contributed by atoms with Crippen LogP contribution in [-0.2, 0) is 6.54 Å². The van der Waals surface area contributed by atoms with Gasteiger partial charge in [-0.05, 0) is 18.9 Å². The molecule has 0 unspecified atom stereocenters. The molecule has 4 rings (SSSR count). The second-order valence-corrected chi connectivity index (χ2v) is 6.59. The van der Waals surface area contributed by atoms with Crippen molar-refractivity contribution in [3.8, 4) is 11.5 Å². The minimum Gasteiger partial charge on any atom is -0.497 e. The zero-order valence-corrected chi connectivity index (χ0v) is 14.3. The Hall–Kier alpha value is -1.52. The van der Waals surface area contributed by atoms with Crippen molar-refractivity contribution in [3.63, 3.8) is 0 Å². The van der Waals surface area contributed by atoms with E-state index in [0.29, 0.717) is 12.1 Å². The van der Waals surface area contributed by atoms with Crippen molar-refractivity contribution >= 4 is 0 Å². The minimum absolute atomic E-state index is 0.639. The molecule has 0 amide bonds. The number of methoxy groups -OCH3 is 2. The predicted octanol–water partition coefficient (Wildman–Crippen LogP) is 2.93. The van der Waals surface area contributed by atoms with E-state index in [4.69, 9.17) is 9.47 Å². The summed E-state index contributed by atoms with van der Waals surface area (Å²) in [5.74, 6) is 1.77. The van der Waals surface area contributed by atoms with Crippen molar-refractivity contribution in [1.29, 1.82) is 0 Å². The highest BCUT2D eigenvalue weighted by Crippen LogP contribution is 2.31. The number of rotatable bonds is 6. The van der Waals surface area contributed by atoms with Crippen LogP contribution >= 0.6 is 0 Å². The molecule has 1 aromatic carbocycles. The van der Waals surface area contributed by atoms with E-state index in [1.165, 1.54) is 24.8 Å². The Kier molecular flexibility index (Phi) is 5.23. The van der Waals surface area contributed by atoms with E-state index in [-0.39, 0.29) is 0 Å². The van der Waals surface area contributed by atoms with E-state index >= 15 is 0 Å². The molecule has 0 aliphatic carbocycles. The van der Waals surface area contributed by atoms with Gasteiger partial charge in [0.25, 0.3) is 0 Å². The van der Waals surface area contributed by atoms with E-state index in [1.54, 1.807) is 14.2 Å². The molecular formula is C19H28N2O2. The molecule has 1 aromatic rings. The van der Waals surface area contributed by atoms with E-state index < -0.39 is 0 Å². The van der Waals surface area contributed by atoms with Gasteiger partial charge in [0.05, 0.1) is 14.2 Å². The highest BCUT2D eigenvalue weighted by molar-refractivity contribution is 5.40. The zero-order valence-electron chi connectivity index (χ0n) is 14.3. The van der Waals surface area contributed by atoms with Gasteiger partial charge < -0.3 is 9.47 Å². The summed E-state index contributed by atoms with van der Waals surface area (Å²) in [7, 11) is 3.43. The van der Waals surface area contributed by atoms with Crippen LogP contribution in [0.5, 0.6) is 11.5 Å². The molecule has 2 atom stereocenters. The third-order valence-electron chi connectivity index (χ3n) is 5.23. The summed E-state index contributed by atoms with van der Waals surface area (Å²) in [6, 6.07) is 7.45. The second-order valence-electron chi connectivity index (χ2n) is 6.59. The van der Waals surface area contributed by atoms with Crippen molar-refractivity contribution in [2.45, 2.75) is 37.9 Å². The number of fused-ring (bicyclic) bond motifs is 4. The largest absolute Gasteiger partial charge is 0.497 e. The fourth-order valence-electron chi connectivity index (χ4n) is 3.99. The fraction of sp³-hybridized carbons (Fsp3) is 0.579. The summed E-state index contributed by atoms with van der Waals surface area (Å²) in [5, 5.41) is 0. The molecule has 3 aliphatic heterocycles. The van der Waals surface area contributed by atoms with E-state index in [2.05, 4.69) is 22.4 Å². The molecular weight excluding hydrogens is 288 g/mol. The summed E-state index contributed by atoms with van der Waals surface area (Å²) in [6.07, 6.45) is 5.97. The Morgan fingerprint density at radius 3 is 2.57 bits per heavy atom. The molecule has 4 nitrogen and oxygen atoms in total. The number of hydrogen-bond acceptors (Lipinski definition) is 4. The van der Waals surface area contributed by atoms with Crippen molar-refractivity contribution < 1.29 is 9.47 Å². The quantitative estimate of drug-likeness (QED) is 0.754. The Balaban J connectivity index is 1.75. The van der Waals surface area contributed by atoms with Crippen molar-refractivity contribution in [2.24, 2.45) is 0 Å². The van der Waals surface area contributed by atoms with Gasteiger partial charge in [-0.25, -0.2) is 0 Å². The molecule has 0 N–H and O–H groups in total. The lowest BCUT2D eigenvalue weighted by Crippen LogP contribution is -2.55. The molecule has 126 valence electrons. The number of hydrogen-bond donors (Lipinski definition) is 0. The maximum Gasteiger partial charge on any atom is 0.127 e. The van der Waals surface area contributed by atoms with Gasteiger partial charge in [0.1, 0.15) is 11.5 Å². The van der Waals surface area contributed by atoms with Crippen molar-refractivity contribution in [1.82, 2.24) is 9.80 Å². The van der Waals surface area contributed by atoms with Crippen molar-refractivity contribution in [2.75, 3.05) is 33.9 Å². The van der Waals surface area contributed by atoms with Gasteiger partial charge in [-0.1, -0.05) is 18.6 Å². The fourth-order valence-corrected chi connectivity index (χ4v) is 3.99. The number of benzene rings is 1. The van der Waals surface area contributed by atoms with Gasteiger partial charge in [0.15, 0.2) is 0 Å². The highest BCUT2D eigenvalue weighted by Gasteiger charge is 2.35. The van der Waals surface area contributed by atoms with Gasteiger partial charge in [0, 0.05) is 49.9 Å². The molecule has 3 saturated heterocycles. The first-order valence-electron chi connectivity index (χ1n) is 8.55. The standard InChI is InChI=1S/C19H28N2O2/c1-4-10-20-13-17-7-5-6-16(20)14-21(17)12-15-8-9-18(22-2)11-19(15)23-3/h4,8-9,11,16-17H,1,5-7,10,12-14H2,2-3H3/t16-,17-/m1/s1. The molecule has 3 aliphatic rings. The molecule has 0 saturated carbocycles. The Morgan fingerprint density at radius 2 is 1.87 bits per heavy atom. The lowest BCUT2D eigenvalue weighted by molar-refractivity contribution is 0.0447. The highest BCUT2D eigenvalue weighted by atomic mass is 16.5. The van der Waals surface area contributed by atoms with Crippen LogP contribution in [0.15, 0.2) is 30.9 Å². The summed E-state index contributed by atoms with van der Waals surface area (Å²) in [4.78, 5) is 5.24. The molecule has 4 heteroatoms. The van der Waals surface area contributed by atoms with Crippen LogP contribution in [0, 0.1) is 0 Å². The molecule has 3 fully saturated rings.